The van der Waals surface area contributed by atoms with Crippen molar-refractivity contribution in [3.8, 4) is 0 Å². The molecule has 0 atom stereocenters. The molecular formula is C12H16N4O2. The van der Waals surface area contributed by atoms with Crippen LogP contribution in [0.5, 0.6) is 0 Å². The third-order valence-electron chi connectivity index (χ3n) is 2.56. The van der Waals surface area contributed by atoms with E-state index in [1.807, 2.05) is 0 Å². The molecule has 0 unspecified atom stereocenters. The zero-order chi connectivity index (χ0) is 12.8. The van der Waals surface area contributed by atoms with E-state index in [9.17, 15) is 4.79 Å². The Hall–Kier alpha value is -2.08. The first-order valence-corrected chi connectivity index (χ1v) is 5.70. The van der Waals surface area contributed by atoms with Gasteiger partial charge in [-0.05, 0) is 6.07 Å². The van der Waals surface area contributed by atoms with Crippen molar-refractivity contribution in [1.82, 2.24) is 14.5 Å². The van der Waals surface area contributed by atoms with Gasteiger partial charge in [0.25, 0.3) is 5.56 Å². The Kier molecular flexibility index (Phi) is 4.14. The normalized spacial score (nSPS) is 10.5. The average molecular weight is 248 g/mol. The van der Waals surface area contributed by atoms with E-state index in [4.69, 9.17) is 4.74 Å². The van der Waals surface area contributed by atoms with Gasteiger partial charge in [-0.1, -0.05) is 0 Å². The van der Waals surface area contributed by atoms with Crippen LogP contribution < -0.4 is 10.9 Å². The minimum Gasteiger partial charge on any atom is -0.383 e. The van der Waals surface area contributed by atoms with Crippen molar-refractivity contribution in [2.24, 2.45) is 0 Å². The van der Waals surface area contributed by atoms with Crippen LogP contribution in [0.3, 0.4) is 0 Å². The SMILES string of the molecule is COCCn1cc(NCc2cnc[nH]2)ccc1=O. The molecule has 18 heavy (non-hydrogen) atoms. The summed E-state index contributed by atoms with van der Waals surface area (Å²) in [6.07, 6.45) is 5.18. The molecule has 0 saturated heterocycles. The summed E-state index contributed by atoms with van der Waals surface area (Å²) in [5.74, 6) is 0. The summed E-state index contributed by atoms with van der Waals surface area (Å²) in [7, 11) is 1.62. The molecule has 0 aliphatic rings. The van der Waals surface area contributed by atoms with Gasteiger partial charge in [0.05, 0.1) is 30.9 Å². The van der Waals surface area contributed by atoms with Crippen molar-refractivity contribution < 1.29 is 4.74 Å². The number of hydrogen-bond acceptors (Lipinski definition) is 4. The van der Waals surface area contributed by atoms with Crippen LogP contribution in [0.4, 0.5) is 5.69 Å². The fraction of sp³-hybridized carbons (Fsp3) is 0.333. The molecule has 0 radical (unpaired) electrons. The quantitative estimate of drug-likeness (QED) is 0.794. The number of H-pyrrole nitrogens is 1. The van der Waals surface area contributed by atoms with Crippen LogP contribution in [0, 0.1) is 0 Å². The molecule has 0 aliphatic carbocycles. The molecule has 2 aromatic heterocycles. The molecule has 2 heterocycles. The van der Waals surface area contributed by atoms with Gasteiger partial charge in [-0.2, -0.15) is 0 Å². The van der Waals surface area contributed by atoms with Crippen molar-refractivity contribution in [2.45, 2.75) is 13.1 Å². The first-order valence-electron chi connectivity index (χ1n) is 5.70. The predicted molar refractivity (Wildman–Crippen MR) is 68.5 cm³/mol. The van der Waals surface area contributed by atoms with E-state index < -0.39 is 0 Å². The topological polar surface area (TPSA) is 71.9 Å². The monoisotopic (exact) mass is 248 g/mol. The zero-order valence-corrected chi connectivity index (χ0v) is 10.2. The van der Waals surface area contributed by atoms with Crippen molar-refractivity contribution in [3.05, 3.63) is 46.9 Å². The van der Waals surface area contributed by atoms with Gasteiger partial charge < -0.3 is 19.6 Å². The third kappa shape index (κ3) is 3.21. The number of methoxy groups -OCH3 is 1. The van der Waals surface area contributed by atoms with Crippen molar-refractivity contribution in [1.29, 1.82) is 0 Å². The van der Waals surface area contributed by atoms with Crippen molar-refractivity contribution >= 4 is 5.69 Å². The Morgan fingerprint density at radius 1 is 1.50 bits per heavy atom. The molecule has 96 valence electrons. The number of aromatic amines is 1. The number of nitrogens with one attached hydrogen (secondary N) is 2. The van der Waals surface area contributed by atoms with Crippen LogP contribution in [0.25, 0.3) is 0 Å². The lowest BCUT2D eigenvalue weighted by Gasteiger charge is -2.09. The maximum absolute atomic E-state index is 11.6. The highest BCUT2D eigenvalue weighted by Crippen LogP contribution is 2.05. The van der Waals surface area contributed by atoms with Crippen LogP contribution in [-0.2, 0) is 17.8 Å². The zero-order valence-electron chi connectivity index (χ0n) is 10.2. The fourth-order valence-electron chi connectivity index (χ4n) is 1.58. The Balaban J connectivity index is 2.02. The second-order valence-electron chi connectivity index (χ2n) is 3.87. The molecule has 2 rings (SSSR count). The number of ether oxygens (including phenoxy) is 1. The summed E-state index contributed by atoms with van der Waals surface area (Å²) >= 11 is 0. The summed E-state index contributed by atoms with van der Waals surface area (Å²) in [5, 5.41) is 3.22. The van der Waals surface area contributed by atoms with Crippen LogP contribution in [0.1, 0.15) is 5.69 Å². The number of imidazole rings is 1. The van der Waals surface area contributed by atoms with Gasteiger partial charge in [-0.3, -0.25) is 4.79 Å². The molecular weight excluding hydrogens is 232 g/mol. The van der Waals surface area contributed by atoms with E-state index >= 15 is 0 Å². The van der Waals surface area contributed by atoms with Gasteiger partial charge in [0, 0.05) is 32.1 Å². The Morgan fingerprint density at radius 2 is 2.39 bits per heavy atom. The number of anilines is 1. The van der Waals surface area contributed by atoms with Gasteiger partial charge in [-0.15, -0.1) is 0 Å². The number of rotatable bonds is 6. The summed E-state index contributed by atoms with van der Waals surface area (Å²) in [6, 6.07) is 3.31. The lowest BCUT2D eigenvalue weighted by atomic mass is 10.3. The van der Waals surface area contributed by atoms with Crippen LogP contribution in [0.15, 0.2) is 35.6 Å². The summed E-state index contributed by atoms with van der Waals surface area (Å²) in [4.78, 5) is 18.5. The third-order valence-corrected chi connectivity index (χ3v) is 2.56. The molecule has 6 nitrogen and oxygen atoms in total. The molecule has 0 bridgehead atoms. The molecule has 0 aromatic carbocycles. The smallest absolute Gasteiger partial charge is 0.250 e. The van der Waals surface area contributed by atoms with E-state index in [1.165, 1.54) is 0 Å². The lowest BCUT2D eigenvalue weighted by Crippen LogP contribution is -2.21. The highest BCUT2D eigenvalue weighted by Gasteiger charge is 1.99. The van der Waals surface area contributed by atoms with Crippen LogP contribution >= 0.6 is 0 Å². The van der Waals surface area contributed by atoms with Crippen LogP contribution in [-0.4, -0.2) is 28.3 Å². The van der Waals surface area contributed by atoms with Gasteiger partial charge in [0.1, 0.15) is 0 Å². The Labute approximate surface area is 105 Å². The molecule has 0 fully saturated rings. The number of aromatic nitrogens is 3. The molecule has 2 N–H and O–H groups in total. The maximum Gasteiger partial charge on any atom is 0.250 e. The van der Waals surface area contributed by atoms with E-state index in [-0.39, 0.29) is 5.56 Å². The Bertz CT molecular complexity index is 533. The van der Waals surface area contributed by atoms with E-state index in [2.05, 4.69) is 15.3 Å². The molecule has 0 saturated carbocycles. The predicted octanol–water partition coefficient (Wildman–Crippen LogP) is 0.830. The van der Waals surface area contributed by atoms with Gasteiger partial charge in [0.15, 0.2) is 0 Å². The Morgan fingerprint density at radius 3 is 3.11 bits per heavy atom. The number of pyridine rings is 1. The standard InChI is InChI=1S/C12H16N4O2/c1-18-5-4-16-8-10(2-3-12(16)17)14-7-11-6-13-9-15-11/h2-3,6,8-9,14H,4-5,7H2,1H3,(H,13,15). The van der Waals surface area contributed by atoms with E-state index in [0.717, 1.165) is 11.4 Å². The highest BCUT2D eigenvalue weighted by atomic mass is 16.5. The minimum absolute atomic E-state index is 0.0286. The number of nitrogens with zero attached hydrogens (tertiary/aromatic N) is 2. The maximum atomic E-state index is 11.6. The lowest BCUT2D eigenvalue weighted by molar-refractivity contribution is 0.186. The average Bonchev–Trinajstić information content (AvgIpc) is 2.89. The first kappa shape index (κ1) is 12.4. The molecule has 6 heteroatoms. The molecule has 2 aromatic rings. The highest BCUT2D eigenvalue weighted by molar-refractivity contribution is 5.40. The van der Waals surface area contributed by atoms with Gasteiger partial charge in [0.2, 0.25) is 0 Å². The minimum atomic E-state index is -0.0286. The summed E-state index contributed by atoms with van der Waals surface area (Å²) in [5.41, 5.74) is 1.85. The summed E-state index contributed by atoms with van der Waals surface area (Å²) in [6.45, 7) is 1.71. The number of hydrogen-bond donors (Lipinski definition) is 2. The van der Waals surface area contributed by atoms with Gasteiger partial charge >= 0.3 is 0 Å². The van der Waals surface area contributed by atoms with Gasteiger partial charge in [-0.25, -0.2) is 4.98 Å². The fourth-order valence-corrected chi connectivity index (χ4v) is 1.58. The van der Waals surface area contributed by atoms with Crippen molar-refractivity contribution in [3.63, 3.8) is 0 Å². The molecule has 0 spiro atoms. The van der Waals surface area contributed by atoms with Crippen LogP contribution in [0.2, 0.25) is 0 Å². The van der Waals surface area contributed by atoms with E-state index in [0.29, 0.717) is 19.7 Å². The molecule has 0 amide bonds. The largest absolute Gasteiger partial charge is 0.383 e. The molecule has 0 aliphatic heterocycles. The summed E-state index contributed by atoms with van der Waals surface area (Å²) < 4.78 is 6.59. The second kappa shape index (κ2) is 6.02. The second-order valence-corrected chi connectivity index (χ2v) is 3.87. The van der Waals surface area contributed by atoms with E-state index in [1.54, 1.807) is 42.5 Å². The first-order chi connectivity index (χ1) is 8.79. The van der Waals surface area contributed by atoms with Crippen molar-refractivity contribution in [2.75, 3.05) is 19.0 Å².